The van der Waals surface area contributed by atoms with Crippen LogP contribution in [0.5, 0.6) is 5.75 Å². The Balaban J connectivity index is 2.11. The molecule has 0 saturated carbocycles. The van der Waals surface area contributed by atoms with Crippen molar-refractivity contribution < 1.29 is 14.6 Å². The highest BCUT2D eigenvalue weighted by molar-refractivity contribution is 6.06. The summed E-state index contributed by atoms with van der Waals surface area (Å²) in [6.07, 6.45) is 0. The lowest BCUT2D eigenvalue weighted by molar-refractivity contribution is -0.00506. The van der Waals surface area contributed by atoms with Gasteiger partial charge in [0.15, 0.2) is 5.60 Å². The maximum atomic E-state index is 12.6. The van der Waals surface area contributed by atoms with Crippen LogP contribution in [-0.4, -0.2) is 17.5 Å². The minimum atomic E-state index is -1.60. The molecule has 3 nitrogen and oxygen atoms in total. The van der Waals surface area contributed by atoms with Crippen LogP contribution in [0.15, 0.2) is 48.5 Å². The Bertz CT molecular complexity index is 634. The highest BCUT2D eigenvalue weighted by Crippen LogP contribution is 2.35. The standard InChI is InChI=1S/C16H14O3/c1-11-7-8-14-13(9-11)15(17)16(18,10-19-14)12-5-3-2-4-6-12/h2-9,18H,10H2,1H3/t16-/m1/s1. The van der Waals surface area contributed by atoms with Crippen molar-refractivity contribution in [3.05, 3.63) is 65.2 Å². The van der Waals surface area contributed by atoms with E-state index < -0.39 is 5.60 Å². The summed E-state index contributed by atoms with van der Waals surface area (Å²) in [4.78, 5) is 12.6. The Morgan fingerprint density at radius 1 is 1.16 bits per heavy atom. The van der Waals surface area contributed by atoms with Gasteiger partial charge in [-0.05, 0) is 24.6 Å². The molecule has 1 atom stereocenters. The van der Waals surface area contributed by atoms with Gasteiger partial charge in [-0.25, -0.2) is 0 Å². The van der Waals surface area contributed by atoms with Crippen LogP contribution in [0.3, 0.4) is 0 Å². The summed E-state index contributed by atoms with van der Waals surface area (Å²) in [5, 5.41) is 10.7. The van der Waals surface area contributed by atoms with Crippen LogP contribution in [0.2, 0.25) is 0 Å². The van der Waals surface area contributed by atoms with Gasteiger partial charge in [-0.3, -0.25) is 4.79 Å². The highest BCUT2D eigenvalue weighted by atomic mass is 16.5. The Kier molecular flexibility index (Phi) is 2.64. The molecule has 0 spiro atoms. The topological polar surface area (TPSA) is 46.5 Å². The maximum absolute atomic E-state index is 12.6. The third-order valence-corrected chi connectivity index (χ3v) is 3.44. The Hall–Kier alpha value is -2.13. The van der Waals surface area contributed by atoms with Gasteiger partial charge in [0.2, 0.25) is 5.78 Å². The molecule has 1 aliphatic rings. The van der Waals surface area contributed by atoms with Gasteiger partial charge >= 0.3 is 0 Å². The zero-order valence-corrected chi connectivity index (χ0v) is 10.6. The number of hydrogen-bond donors (Lipinski definition) is 1. The predicted octanol–water partition coefficient (Wildman–Crippen LogP) is 2.46. The molecule has 96 valence electrons. The van der Waals surface area contributed by atoms with E-state index in [1.807, 2.05) is 19.1 Å². The molecule has 19 heavy (non-hydrogen) atoms. The van der Waals surface area contributed by atoms with Crippen molar-refractivity contribution in [3.8, 4) is 5.75 Å². The number of Topliss-reactive ketones (excluding diaryl/α,β-unsaturated/α-hetero) is 1. The molecule has 1 N–H and O–H groups in total. The lowest BCUT2D eigenvalue weighted by atomic mass is 9.84. The molecule has 0 radical (unpaired) electrons. The molecule has 1 aliphatic heterocycles. The molecular formula is C16H14O3. The van der Waals surface area contributed by atoms with Crippen molar-refractivity contribution in [2.45, 2.75) is 12.5 Å². The fourth-order valence-corrected chi connectivity index (χ4v) is 2.35. The first-order valence-electron chi connectivity index (χ1n) is 6.17. The maximum Gasteiger partial charge on any atom is 0.206 e. The van der Waals surface area contributed by atoms with Crippen molar-refractivity contribution in [1.82, 2.24) is 0 Å². The number of aliphatic hydroxyl groups is 1. The summed E-state index contributed by atoms with van der Waals surface area (Å²) in [6.45, 7) is 1.86. The second-order valence-electron chi connectivity index (χ2n) is 4.84. The Morgan fingerprint density at radius 3 is 2.63 bits per heavy atom. The smallest absolute Gasteiger partial charge is 0.206 e. The molecule has 0 fully saturated rings. The van der Waals surface area contributed by atoms with Crippen LogP contribution >= 0.6 is 0 Å². The van der Waals surface area contributed by atoms with E-state index in [2.05, 4.69) is 0 Å². The van der Waals surface area contributed by atoms with Crippen molar-refractivity contribution in [3.63, 3.8) is 0 Å². The van der Waals surface area contributed by atoms with Crippen LogP contribution in [0, 0.1) is 6.92 Å². The van der Waals surface area contributed by atoms with Crippen LogP contribution < -0.4 is 4.74 Å². The molecule has 0 bridgehead atoms. The summed E-state index contributed by atoms with van der Waals surface area (Å²) >= 11 is 0. The number of ether oxygens (including phenoxy) is 1. The average Bonchev–Trinajstić information content (AvgIpc) is 2.45. The molecule has 2 aromatic rings. The zero-order chi connectivity index (χ0) is 13.5. The number of ketones is 1. The van der Waals surface area contributed by atoms with Gasteiger partial charge in [0.25, 0.3) is 0 Å². The van der Waals surface area contributed by atoms with E-state index in [4.69, 9.17) is 4.74 Å². The van der Waals surface area contributed by atoms with E-state index in [-0.39, 0.29) is 12.4 Å². The third-order valence-electron chi connectivity index (χ3n) is 3.44. The van der Waals surface area contributed by atoms with E-state index in [1.165, 1.54) is 0 Å². The molecule has 1 heterocycles. The first kappa shape index (κ1) is 11.9. The van der Waals surface area contributed by atoms with Gasteiger partial charge in [-0.2, -0.15) is 0 Å². The number of carbonyl (C=O) groups excluding carboxylic acids is 1. The molecule has 3 heteroatoms. The fraction of sp³-hybridized carbons (Fsp3) is 0.188. The van der Waals surface area contributed by atoms with Crippen molar-refractivity contribution in [2.24, 2.45) is 0 Å². The minimum absolute atomic E-state index is 0.0497. The predicted molar refractivity (Wildman–Crippen MR) is 71.3 cm³/mol. The largest absolute Gasteiger partial charge is 0.489 e. The Morgan fingerprint density at radius 2 is 1.89 bits per heavy atom. The summed E-state index contributed by atoms with van der Waals surface area (Å²) in [5.74, 6) is 0.236. The molecule has 0 unspecified atom stereocenters. The normalized spacial score (nSPS) is 21.7. The van der Waals surface area contributed by atoms with Crippen molar-refractivity contribution in [1.29, 1.82) is 0 Å². The molecule has 2 aromatic carbocycles. The lowest BCUT2D eigenvalue weighted by Gasteiger charge is -2.32. The Labute approximate surface area is 111 Å². The van der Waals surface area contributed by atoms with Crippen LogP contribution in [0.4, 0.5) is 0 Å². The summed E-state index contributed by atoms with van der Waals surface area (Å²) in [5.41, 5.74) is 0.375. The number of fused-ring (bicyclic) bond motifs is 1. The molecule has 3 rings (SSSR count). The van der Waals surface area contributed by atoms with Crippen molar-refractivity contribution >= 4 is 5.78 Å². The summed E-state index contributed by atoms with van der Waals surface area (Å²) in [7, 11) is 0. The number of carbonyl (C=O) groups is 1. The van der Waals surface area contributed by atoms with Gasteiger partial charge in [-0.15, -0.1) is 0 Å². The molecule has 0 saturated heterocycles. The minimum Gasteiger partial charge on any atom is -0.489 e. The quantitative estimate of drug-likeness (QED) is 0.850. The SMILES string of the molecule is Cc1ccc2c(c1)C(=O)[C@](O)(c1ccccc1)CO2. The molecule has 0 aliphatic carbocycles. The van der Waals surface area contributed by atoms with E-state index in [1.54, 1.807) is 36.4 Å². The molecule has 0 aromatic heterocycles. The van der Waals surface area contributed by atoms with Crippen LogP contribution in [-0.2, 0) is 5.60 Å². The number of rotatable bonds is 1. The van der Waals surface area contributed by atoms with Gasteiger partial charge in [0.05, 0.1) is 5.56 Å². The van der Waals surface area contributed by atoms with Gasteiger partial charge in [0.1, 0.15) is 12.4 Å². The second-order valence-corrected chi connectivity index (χ2v) is 4.84. The monoisotopic (exact) mass is 254 g/mol. The van der Waals surface area contributed by atoms with E-state index in [0.717, 1.165) is 5.56 Å². The van der Waals surface area contributed by atoms with Crippen LogP contribution in [0.25, 0.3) is 0 Å². The van der Waals surface area contributed by atoms with E-state index in [0.29, 0.717) is 16.9 Å². The first-order valence-corrected chi connectivity index (χ1v) is 6.17. The average molecular weight is 254 g/mol. The molecular weight excluding hydrogens is 240 g/mol. The van der Waals surface area contributed by atoms with E-state index >= 15 is 0 Å². The van der Waals surface area contributed by atoms with E-state index in [9.17, 15) is 9.90 Å². The lowest BCUT2D eigenvalue weighted by Crippen LogP contribution is -2.44. The zero-order valence-electron chi connectivity index (χ0n) is 10.6. The molecule has 0 amide bonds. The highest BCUT2D eigenvalue weighted by Gasteiger charge is 2.43. The number of benzene rings is 2. The van der Waals surface area contributed by atoms with Crippen molar-refractivity contribution in [2.75, 3.05) is 6.61 Å². The summed E-state index contributed by atoms with van der Waals surface area (Å²) in [6, 6.07) is 14.3. The number of hydrogen-bond acceptors (Lipinski definition) is 3. The van der Waals surface area contributed by atoms with Gasteiger partial charge in [-0.1, -0.05) is 42.0 Å². The summed E-state index contributed by atoms with van der Waals surface area (Å²) < 4.78 is 5.55. The second kappa shape index (κ2) is 4.21. The fourth-order valence-electron chi connectivity index (χ4n) is 2.35. The third kappa shape index (κ3) is 1.83. The van der Waals surface area contributed by atoms with Crippen LogP contribution in [0.1, 0.15) is 21.5 Å². The van der Waals surface area contributed by atoms with Gasteiger partial charge in [0, 0.05) is 0 Å². The number of aryl methyl sites for hydroxylation is 1. The van der Waals surface area contributed by atoms with Gasteiger partial charge < -0.3 is 9.84 Å². The first-order chi connectivity index (χ1) is 9.11.